The third kappa shape index (κ3) is 2.81. The van der Waals surface area contributed by atoms with Crippen LogP contribution in [0.1, 0.15) is 15.2 Å². The minimum Gasteiger partial charge on any atom is -0.294 e. The largest absolute Gasteiger partial charge is 0.294 e. The summed E-state index contributed by atoms with van der Waals surface area (Å²) in [4.78, 5) is 13.1. The summed E-state index contributed by atoms with van der Waals surface area (Å²) in [6, 6.07) is 9.45. The zero-order chi connectivity index (χ0) is 11.5. The standard InChI is InChI=1S/C12H8Br2OS/c13-9-3-1-2-8(6-9)11(15)7-12-10(14)4-5-16-12/h1-6H,7H2. The molecule has 82 valence electrons. The maximum atomic E-state index is 12.0. The Morgan fingerprint density at radius 1 is 1.25 bits per heavy atom. The molecule has 0 aliphatic rings. The number of halogens is 2. The topological polar surface area (TPSA) is 17.1 Å². The van der Waals surface area contributed by atoms with Crippen molar-refractivity contribution >= 4 is 49.0 Å². The van der Waals surface area contributed by atoms with Gasteiger partial charge in [-0.1, -0.05) is 28.1 Å². The monoisotopic (exact) mass is 358 g/mol. The Hall–Kier alpha value is -0.450. The fraction of sp³-hybridized carbons (Fsp3) is 0.0833. The third-order valence-corrected chi connectivity index (χ3v) is 4.58. The number of carbonyl (C=O) groups is 1. The van der Waals surface area contributed by atoms with E-state index < -0.39 is 0 Å². The van der Waals surface area contributed by atoms with Gasteiger partial charge >= 0.3 is 0 Å². The smallest absolute Gasteiger partial charge is 0.168 e. The van der Waals surface area contributed by atoms with Crippen molar-refractivity contribution in [2.75, 3.05) is 0 Å². The van der Waals surface area contributed by atoms with Crippen LogP contribution in [-0.4, -0.2) is 5.78 Å². The molecular formula is C12H8Br2OS. The van der Waals surface area contributed by atoms with Crippen LogP contribution in [0.25, 0.3) is 0 Å². The highest BCUT2D eigenvalue weighted by Crippen LogP contribution is 2.24. The molecule has 0 bridgehead atoms. The first-order valence-corrected chi connectivity index (χ1v) is 7.14. The SMILES string of the molecule is O=C(Cc1sccc1Br)c1cccc(Br)c1. The van der Waals surface area contributed by atoms with E-state index in [1.807, 2.05) is 35.7 Å². The molecule has 0 fully saturated rings. The molecule has 0 radical (unpaired) electrons. The average molecular weight is 360 g/mol. The molecule has 2 rings (SSSR count). The van der Waals surface area contributed by atoms with Crippen LogP contribution in [0.5, 0.6) is 0 Å². The molecule has 0 N–H and O–H groups in total. The van der Waals surface area contributed by atoms with Crippen molar-refractivity contribution in [2.45, 2.75) is 6.42 Å². The third-order valence-electron chi connectivity index (χ3n) is 2.16. The molecule has 2 aromatic rings. The van der Waals surface area contributed by atoms with Gasteiger partial charge in [0, 0.05) is 25.8 Å². The summed E-state index contributed by atoms with van der Waals surface area (Å²) in [7, 11) is 0. The van der Waals surface area contributed by atoms with Crippen molar-refractivity contribution in [1.82, 2.24) is 0 Å². The summed E-state index contributed by atoms with van der Waals surface area (Å²) in [5.41, 5.74) is 0.745. The van der Waals surface area contributed by atoms with Crippen molar-refractivity contribution in [3.63, 3.8) is 0 Å². The molecule has 0 saturated carbocycles. The predicted octanol–water partition coefficient (Wildman–Crippen LogP) is 4.70. The molecule has 1 heterocycles. The molecule has 1 nitrogen and oxygen atoms in total. The molecule has 16 heavy (non-hydrogen) atoms. The fourth-order valence-corrected chi connectivity index (χ4v) is 3.25. The van der Waals surface area contributed by atoms with Gasteiger partial charge in [-0.05, 0) is 39.5 Å². The van der Waals surface area contributed by atoms with Gasteiger partial charge < -0.3 is 0 Å². The van der Waals surface area contributed by atoms with E-state index in [4.69, 9.17) is 0 Å². The lowest BCUT2D eigenvalue weighted by Gasteiger charge is -2.00. The predicted molar refractivity (Wildman–Crippen MR) is 74.2 cm³/mol. The van der Waals surface area contributed by atoms with E-state index >= 15 is 0 Å². The number of ketones is 1. The summed E-state index contributed by atoms with van der Waals surface area (Å²) >= 11 is 8.39. The van der Waals surface area contributed by atoms with Crippen LogP contribution in [0.3, 0.4) is 0 Å². The van der Waals surface area contributed by atoms with Gasteiger partial charge in [0.2, 0.25) is 0 Å². The number of thiophene rings is 1. The summed E-state index contributed by atoms with van der Waals surface area (Å²) in [5.74, 6) is 0.143. The molecule has 1 aromatic heterocycles. The Labute approximate surface area is 115 Å². The molecule has 0 unspecified atom stereocenters. The Morgan fingerprint density at radius 3 is 2.69 bits per heavy atom. The minimum atomic E-state index is 0.143. The quantitative estimate of drug-likeness (QED) is 0.726. The average Bonchev–Trinajstić information content (AvgIpc) is 2.64. The minimum absolute atomic E-state index is 0.143. The lowest BCUT2D eigenvalue weighted by Crippen LogP contribution is -2.02. The molecule has 0 aliphatic carbocycles. The maximum absolute atomic E-state index is 12.0. The van der Waals surface area contributed by atoms with Gasteiger partial charge in [-0.2, -0.15) is 0 Å². The Bertz CT molecular complexity index is 519. The molecule has 0 atom stereocenters. The van der Waals surface area contributed by atoms with E-state index in [-0.39, 0.29) is 5.78 Å². The van der Waals surface area contributed by atoms with Crippen molar-refractivity contribution in [3.05, 3.63) is 55.1 Å². The van der Waals surface area contributed by atoms with Crippen molar-refractivity contribution in [3.8, 4) is 0 Å². The number of carbonyl (C=O) groups excluding carboxylic acids is 1. The number of hydrogen-bond acceptors (Lipinski definition) is 2. The number of hydrogen-bond donors (Lipinski definition) is 0. The van der Waals surface area contributed by atoms with Crippen LogP contribution in [-0.2, 0) is 6.42 Å². The number of Topliss-reactive ketones (excluding diaryl/α,β-unsaturated/α-hetero) is 1. The number of rotatable bonds is 3. The van der Waals surface area contributed by atoms with Gasteiger partial charge in [0.15, 0.2) is 5.78 Å². The van der Waals surface area contributed by atoms with Gasteiger partial charge in [-0.25, -0.2) is 0 Å². The fourth-order valence-electron chi connectivity index (χ4n) is 1.36. The summed E-state index contributed by atoms with van der Waals surface area (Å²) in [6.45, 7) is 0. The molecular weight excluding hydrogens is 352 g/mol. The van der Waals surface area contributed by atoms with Crippen molar-refractivity contribution in [2.24, 2.45) is 0 Å². The van der Waals surface area contributed by atoms with Crippen molar-refractivity contribution in [1.29, 1.82) is 0 Å². The summed E-state index contributed by atoms with van der Waals surface area (Å²) < 4.78 is 1.95. The zero-order valence-electron chi connectivity index (χ0n) is 8.24. The summed E-state index contributed by atoms with van der Waals surface area (Å²) in [5, 5.41) is 1.98. The maximum Gasteiger partial charge on any atom is 0.168 e. The lowest BCUT2D eigenvalue weighted by molar-refractivity contribution is 0.0993. The lowest BCUT2D eigenvalue weighted by atomic mass is 10.1. The van der Waals surface area contributed by atoms with Crippen LogP contribution >= 0.6 is 43.2 Å². The van der Waals surface area contributed by atoms with Crippen molar-refractivity contribution < 1.29 is 4.79 Å². The van der Waals surface area contributed by atoms with Gasteiger partial charge in [-0.3, -0.25) is 4.79 Å². The zero-order valence-corrected chi connectivity index (χ0v) is 12.2. The van der Waals surface area contributed by atoms with Crippen LogP contribution in [0, 0.1) is 0 Å². The molecule has 0 amide bonds. The Morgan fingerprint density at radius 2 is 2.06 bits per heavy atom. The van der Waals surface area contributed by atoms with Crippen LogP contribution in [0.15, 0.2) is 44.7 Å². The van der Waals surface area contributed by atoms with E-state index in [1.54, 1.807) is 11.3 Å². The van der Waals surface area contributed by atoms with Gasteiger partial charge in [0.1, 0.15) is 0 Å². The molecule has 0 spiro atoms. The van der Waals surface area contributed by atoms with Crippen LogP contribution in [0.4, 0.5) is 0 Å². The second-order valence-corrected chi connectivity index (χ2v) is 6.07. The van der Waals surface area contributed by atoms with Gasteiger partial charge in [-0.15, -0.1) is 11.3 Å². The van der Waals surface area contributed by atoms with Crippen LogP contribution < -0.4 is 0 Å². The molecule has 0 aliphatic heterocycles. The molecule has 0 saturated heterocycles. The second kappa shape index (κ2) is 5.25. The molecule has 1 aromatic carbocycles. The first-order valence-electron chi connectivity index (χ1n) is 4.67. The van der Waals surface area contributed by atoms with Gasteiger partial charge in [0.25, 0.3) is 0 Å². The first kappa shape index (κ1) is 12.0. The van der Waals surface area contributed by atoms with E-state index in [0.29, 0.717) is 6.42 Å². The van der Waals surface area contributed by atoms with E-state index in [0.717, 1.165) is 19.4 Å². The first-order chi connectivity index (χ1) is 7.66. The van der Waals surface area contributed by atoms with Crippen LogP contribution in [0.2, 0.25) is 0 Å². The number of benzene rings is 1. The highest BCUT2D eigenvalue weighted by atomic mass is 79.9. The second-order valence-electron chi connectivity index (χ2n) is 3.30. The highest BCUT2D eigenvalue weighted by Gasteiger charge is 2.10. The molecule has 4 heteroatoms. The normalized spacial score (nSPS) is 10.4. The highest BCUT2D eigenvalue weighted by molar-refractivity contribution is 9.10. The Kier molecular flexibility index (Phi) is 3.95. The van der Waals surface area contributed by atoms with E-state index in [1.165, 1.54) is 0 Å². The Balaban J connectivity index is 2.18. The van der Waals surface area contributed by atoms with E-state index in [2.05, 4.69) is 31.9 Å². The van der Waals surface area contributed by atoms with Gasteiger partial charge in [0.05, 0.1) is 0 Å². The summed E-state index contributed by atoms with van der Waals surface area (Å²) in [6.07, 6.45) is 0.453. The van der Waals surface area contributed by atoms with E-state index in [9.17, 15) is 4.79 Å².